The minimum atomic E-state index is -1.86. The van der Waals surface area contributed by atoms with E-state index >= 15 is 0 Å². The van der Waals surface area contributed by atoms with Crippen LogP contribution in [0, 0.1) is 96.6 Å². The van der Waals surface area contributed by atoms with Gasteiger partial charge in [0.05, 0.1) is 35.3 Å². The van der Waals surface area contributed by atoms with Crippen molar-refractivity contribution >= 4 is 22.5 Å². The second kappa shape index (κ2) is 20.2. The second-order valence-electron chi connectivity index (χ2n) is 37.5. The van der Waals surface area contributed by atoms with E-state index in [2.05, 4.69) is 28.8 Å². The molecule has 96 heavy (non-hydrogen) atoms. The zero-order chi connectivity index (χ0) is 65.4. The molecular weight excluding hydrogens is 1210 g/mol. The fraction of sp³-hybridized carbons (Fsp3) is 0.778. The summed E-state index contributed by atoms with van der Waals surface area (Å²) in [5.74, 6) is 4.40. The molecule has 0 amide bonds. The summed E-state index contributed by atoms with van der Waals surface area (Å²) in [6.45, 7) is 4.12. The number of rotatable bonds is 5. The third kappa shape index (κ3) is 7.50. The number of benzene rings is 2. The number of aromatic hydroxyl groups is 2. The lowest BCUT2D eigenvalue weighted by Gasteiger charge is -2.72. The van der Waals surface area contributed by atoms with Crippen LogP contribution in [0.15, 0.2) is 28.9 Å². The van der Waals surface area contributed by atoms with Crippen molar-refractivity contribution in [2.24, 2.45) is 77.8 Å². The first-order valence-corrected chi connectivity index (χ1v) is 38.6. The number of phenols is 2. The van der Waals surface area contributed by atoms with Gasteiger partial charge in [0.15, 0.2) is 5.78 Å². The molecule has 7 heterocycles. The van der Waals surface area contributed by atoms with Gasteiger partial charge in [-0.2, -0.15) is 0 Å². The lowest BCUT2D eigenvalue weighted by Crippen LogP contribution is -2.81. The Hall–Kier alpha value is -4.08. The molecule has 12 aliphatic carbocycles. The quantitative estimate of drug-likeness (QED) is 0.0769. The largest absolute Gasteiger partial charge is 0.507 e. The molecule has 9 N–H and O–H groups in total. The topological polar surface area (TPSA) is 237 Å². The summed E-state index contributed by atoms with van der Waals surface area (Å²) in [5, 5.41) is 88.2. The van der Waals surface area contributed by atoms with Crippen LogP contribution >= 0.6 is 0 Å². The molecule has 15 nitrogen and oxygen atoms in total. The second-order valence-corrected chi connectivity index (χ2v) is 37.5. The number of phenolic OH excluding ortho intramolecular Hbond substituents is 2. The maximum Gasteiger partial charge on any atom is 0.336 e. The lowest BCUT2D eigenvalue weighted by atomic mass is 9.38. The highest BCUT2D eigenvalue weighted by molar-refractivity contribution is 6.12. The van der Waals surface area contributed by atoms with Crippen molar-refractivity contribution in [2.75, 3.05) is 19.8 Å². The summed E-state index contributed by atoms with van der Waals surface area (Å²) in [6.07, 6.45) is 31.6. The molecular formula is C81H104N2O13. The van der Waals surface area contributed by atoms with E-state index in [0.717, 1.165) is 51.4 Å². The fourth-order valence-electron chi connectivity index (χ4n) is 31.3. The van der Waals surface area contributed by atoms with Gasteiger partial charge in [-0.15, -0.1) is 0 Å². The molecule has 20 unspecified atom stereocenters. The van der Waals surface area contributed by atoms with Crippen molar-refractivity contribution in [3.8, 4) is 29.1 Å². The molecule has 4 saturated heterocycles. The number of aliphatic hydroxyl groups excluding tert-OH is 4. The number of ether oxygens (including phenoxy) is 4. The molecule has 19 aliphatic rings. The maximum absolute atomic E-state index is 14.0. The van der Waals surface area contributed by atoms with Crippen molar-refractivity contribution < 1.29 is 64.3 Å². The first kappa shape index (κ1) is 61.8. The molecule has 2 aromatic rings. The molecule has 0 radical (unpaired) electrons. The van der Waals surface area contributed by atoms with Gasteiger partial charge in [0.25, 0.3) is 0 Å². The Bertz CT molecular complexity index is 3870. The Morgan fingerprint density at radius 1 is 0.740 bits per heavy atom. The summed E-state index contributed by atoms with van der Waals surface area (Å²) in [4.78, 5) is 27.6. The molecule has 7 aliphatic heterocycles. The molecule has 15 heteroatoms. The Morgan fingerprint density at radius 3 is 2.26 bits per heavy atom. The third-order valence-corrected chi connectivity index (χ3v) is 34.1. The Kier molecular flexibility index (Phi) is 13.0. The Morgan fingerprint density at radius 2 is 1.48 bits per heavy atom. The van der Waals surface area contributed by atoms with Gasteiger partial charge in [-0.05, 0) is 265 Å². The van der Waals surface area contributed by atoms with Crippen LogP contribution in [0.1, 0.15) is 257 Å². The van der Waals surface area contributed by atoms with Crippen LogP contribution in [0.25, 0.3) is 10.8 Å². The molecule has 20 atom stereocenters. The summed E-state index contributed by atoms with van der Waals surface area (Å²) in [7, 11) is 0. The number of carbonyl (C=O) groups is 2. The number of allylic oxidation sites excluding steroid dienone is 1. The van der Waals surface area contributed by atoms with E-state index in [9.17, 15) is 45.3 Å². The number of Topliss-reactive ketones (excluding diaryl/α,β-unsaturated/α-hetero) is 1. The van der Waals surface area contributed by atoms with Crippen LogP contribution in [-0.2, 0) is 20.6 Å². The zero-order valence-corrected chi connectivity index (χ0v) is 57.0. The molecule has 516 valence electrons. The number of hydrogen-bond acceptors (Lipinski definition) is 14. The van der Waals surface area contributed by atoms with Crippen molar-refractivity contribution in [1.82, 2.24) is 10.9 Å². The van der Waals surface area contributed by atoms with Gasteiger partial charge in [0.1, 0.15) is 41.2 Å². The monoisotopic (exact) mass is 1310 g/mol. The van der Waals surface area contributed by atoms with Crippen LogP contribution in [0.2, 0.25) is 0 Å². The van der Waals surface area contributed by atoms with Gasteiger partial charge in [-0.3, -0.25) is 15.6 Å². The summed E-state index contributed by atoms with van der Waals surface area (Å²) in [6, 6.07) is 1.58. The van der Waals surface area contributed by atoms with Gasteiger partial charge in [0.2, 0.25) is 6.29 Å². The molecule has 11 spiro atoms. The maximum atomic E-state index is 14.0. The van der Waals surface area contributed by atoms with Crippen LogP contribution in [0.3, 0.4) is 0 Å². The fourth-order valence-corrected chi connectivity index (χ4v) is 31.3. The van der Waals surface area contributed by atoms with Gasteiger partial charge in [-0.25, -0.2) is 4.79 Å². The molecule has 15 fully saturated rings. The van der Waals surface area contributed by atoms with Crippen LogP contribution in [-0.4, -0.2) is 121 Å². The minimum Gasteiger partial charge on any atom is -0.507 e. The number of carbonyl (C=O) groups excluding carboxylic acids is 1. The first-order chi connectivity index (χ1) is 46.2. The standard InChI is InChI=1S/C81H104N2O13/c1-45-57(46(2)85)61(87)59-52(60(45)86)30-51(68(91)92)49-13-9-12-47-16-26-73(31-47)23-10-24-75(73)40-74(21-7-8-22-74)78(41-75)42-76(28-27-70(37-76)17-3-4-18-70)77(43-78)35-56-72(38-77)32-48-36-93-44-79(25-11-29-84)53-15-14-50-55-34-71(19-5-6-20-71)66(90)67-81(96-55,65(89)62(88)69(95-67)94-63(49)59)33-54(58(50)53)80(39-72,64(48)79)83-82-56/h15,30,47-48,54-56,62,64-67,69,82-84,86-90H,3-8,10-11,13-14,16-29,31-44H2,1-2H3,(H,91,92). The molecule has 11 bridgehead atoms. The van der Waals surface area contributed by atoms with E-state index in [1.165, 1.54) is 165 Å². The molecule has 11 saturated carbocycles. The van der Waals surface area contributed by atoms with Crippen LogP contribution in [0.5, 0.6) is 17.2 Å². The number of hydrogen-bond donors (Lipinski definition) is 9. The number of nitrogens with one attached hydrogen (secondary N) is 2. The van der Waals surface area contributed by atoms with Crippen molar-refractivity contribution in [3.05, 3.63) is 51.1 Å². The van der Waals surface area contributed by atoms with Crippen LogP contribution in [0.4, 0.5) is 0 Å². The number of fused-ring (bicyclic) bond motifs is 6. The molecule has 2 aromatic carbocycles. The highest BCUT2D eigenvalue weighted by atomic mass is 16.7. The van der Waals surface area contributed by atoms with E-state index in [0.29, 0.717) is 56.1 Å². The number of ketones is 1. The summed E-state index contributed by atoms with van der Waals surface area (Å²) in [5.41, 5.74) is 10.7. The lowest BCUT2D eigenvalue weighted by molar-refractivity contribution is -0.340. The number of hydrazine groups is 1. The third-order valence-electron chi connectivity index (χ3n) is 34.1. The first-order valence-electron chi connectivity index (χ1n) is 38.6. The Labute approximate surface area is 565 Å². The van der Waals surface area contributed by atoms with E-state index in [-0.39, 0.29) is 120 Å². The van der Waals surface area contributed by atoms with Crippen LogP contribution < -0.4 is 15.6 Å². The average molecular weight is 1310 g/mol. The number of aromatic carboxylic acids is 1. The van der Waals surface area contributed by atoms with E-state index in [1.807, 2.05) is 0 Å². The van der Waals surface area contributed by atoms with E-state index < -0.39 is 82.0 Å². The number of aliphatic hydroxyl groups is 4. The van der Waals surface area contributed by atoms with Gasteiger partial charge in [-0.1, -0.05) is 62.9 Å². The average Bonchev–Trinajstić information content (AvgIpc) is 1.33. The zero-order valence-electron chi connectivity index (χ0n) is 57.0. The Balaban J connectivity index is 0.819. The van der Waals surface area contributed by atoms with Crippen molar-refractivity contribution in [1.29, 1.82) is 0 Å². The van der Waals surface area contributed by atoms with E-state index in [1.54, 1.807) is 0 Å². The predicted octanol–water partition coefficient (Wildman–Crippen LogP) is 12.6. The van der Waals surface area contributed by atoms with Crippen molar-refractivity contribution in [3.63, 3.8) is 0 Å². The predicted molar refractivity (Wildman–Crippen MR) is 356 cm³/mol. The molecule has 0 aromatic heterocycles. The number of carboxylic acid groups (broad SMARTS) is 1. The van der Waals surface area contributed by atoms with E-state index in [4.69, 9.17) is 18.9 Å². The van der Waals surface area contributed by atoms with Gasteiger partial charge >= 0.3 is 5.97 Å². The summed E-state index contributed by atoms with van der Waals surface area (Å²) >= 11 is 0. The normalized spacial score (nSPS) is 47.8. The number of carboxylic acids is 1. The smallest absolute Gasteiger partial charge is 0.336 e. The summed E-state index contributed by atoms with van der Waals surface area (Å²) < 4.78 is 29.7. The SMILES string of the molecule is CC(=O)c1c(C)c(O)c2cc(C(=O)O)c3c(c2c1O)OC1OC2C(O)C4(CCCC4)CC4OC2(CC2C5=C4CC=C5C4(CCCO)COCC5CC67CC2(NNC6CC2(C7)CC6(CC27CCC2(CCCC2)C7)CC2(CCCC27CCC(C#CC3)C7)CC62CCCC2)C54)C(O)C1O. The highest BCUT2D eigenvalue weighted by Crippen LogP contribution is 2.89. The van der Waals surface area contributed by atoms with Crippen molar-refractivity contribution in [2.45, 2.75) is 293 Å². The minimum absolute atomic E-state index is 0.0650. The van der Waals surface area contributed by atoms with Gasteiger partial charge in [0, 0.05) is 70.4 Å². The van der Waals surface area contributed by atoms with Gasteiger partial charge < -0.3 is 54.7 Å². The highest BCUT2D eigenvalue weighted by Gasteiger charge is 2.83. The molecule has 21 rings (SSSR count).